The van der Waals surface area contributed by atoms with Crippen molar-refractivity contribution >= 4 is 15.9 Å². The van der Waals surface area contributed by atoms with Crippen molar-refractivity contribution in [2.45, 2.75) is 31.2 Å². The minimum Gasteiger partial charge on any atom is -0.497 e. The molecule has 0 fully saturated rings. The first-order chi connectivity index (χ1) is 13.3. The molecule has 0 aliphatic heterocycles. The number of amides is 1. The maximum atomic E-state index is 13.1. The molecule has 0 bridgehead atoms. The number of methoxy groups -OCH3 is 1. The number of nitrogens with zero attached hydrogens (tertiary/aromatic N) is 1. The highest BCUT2D eigenvalue weighted by Crippen LogP contribution is 2.30. The van der Waals surface area contributed by atoms with Crippen LogP contribution in [-0.2, 0) is 14.8 Å². The molecule has 28 heavy (non-hydrogen) atoms. The Balaban J connectivity index is 2.34. The highest BCUT2D eigenvalue weighted by Gasteiger charge is 2.30. The second kappa shape index (κ2) is 9.71. The van der Waals surface area contributed by atoms with E-state index in [1.165, 1.54) is 11.4 Å². The van der Waals surface area contributed by atoms with E-state index in [-0.39, 0.29) is 17.2 Å². The van der Waals surface area contributed by atoms with Gasteiger partial charge in [0.15, 0.2) is 0 Å². The third kappa shape index (κ3) is 5.56. The molecule has 2 aromatic carbocycles. The molecule has 1 amide bonds. The highest BCUT2D eigenvalue weighted by molar-refractivity contribution is 7.89. The van der Waals surface area contributed by atoms with Crippen LogP contribution in [0.5, 0.6) is 5.75 Å². The van der Waals surface area contributed by atoms with E-state index in [9.17, 15) is 13.2 Å². The van der Waals surface area contributed by atoms with Gasteiger partial charge in [0.2, 0.25) is 15.9 Å². The molecule has 6 nitrogen and oxygen atoms in total. The zero-order valence-corrected chi connectivity index (χ0v) is 17.6. The molecule has 0 heterocycles. The number of carbonyl (C=O) groups is 1. The van der Waals surface area contributed by atoms with Gasteiger partial charge in [0.05, 0.1) is 18.0 Å². The Morgan fingerprint density at radius 3 is 2.21 bits per heavy atom. The van der Waals surface area contributed by atoms with Gasteiger partial charge in [0.25, 0.3) is 0 Å². The Labute approximate surface area is 167 Å². The number of benzene rings is 2. The van der Waals surface area contributed by atoms with Crippen LogP contribution in [0.1, 0.15) is 31.9 Å². The summed E-state index contributed by atoms with van der Waals surface area (Å²) in [6.45, 7) is 4.56. The summed E-state index contributed by atoms with van der Waals surface area (Å²) in [6.07, 6.45) is 0.0294. The van der Waals surface area contributed by atoms with E-state index in [1.807, 2.05) is 13.8 Å². The van der Waals surface area contributed by atoms with Crippen LogP contribution >= 0.6 is 0 Å². The van der Waals surface area contributed by atoms with Crippen LogP contribution in [0, 0.1) is 5.92 Å². The van der Waals surface area contributed by atoms with Crippen molar-refractivity contribution in [2.75, 3.05) is 20.7 Å². The Morgan fingerprint density at radius 2 is 1.68 bits per heavy atom. The van der Waals surface area contributed by atoms with Gasteiger partial charge in [0.1, 0.15) is 5.75 Å². The van der Waals surface area contributed by atoms with Crippen molar-refractivity contribution in [1.82, 2.24) is 9.62 Å². The Kier molecular flexibility index (Phi) is 7.60. The summed E-state index contributed by atoms with van der Waals surface area (Å²) in [5, 5.41) is 2.87. The lowest BCUT2D eigenvalue weighted by Gasteiger charge is -2.28. The van der Waals surface area contributed by atoms with Crippen molar-refractivity contribution in [3.8, 4) is 5.75 Å². The van der Waals surface area contributed by atoms with Crippen LogP contribution in [0.2, 0.25) is 0 Å². The standard InChI is InChI=1S/C21H28N2O4S/c1-16(2)15-22-21(24)14-20(17-10-12-18(27-4)13-11-17)23(3)28(25,26)19-8-6-5-7-9-19/h5-13,16,20H,14-15H2,1-4H3,(H,22,24)/t20-/m1/s1. The van der Waals surface area contributed by atoms with E-state index in [4.69, 9.17) is 4.74 Å². The maximum absolute atomic E-state index is 13.1. The van der Waals surface area contributed by atoms with Gasteiger partial charge in [-0.1, -0.05) is 44.2 Å². The minimum absolute atomic E-state index is 0.0294. The molecular formula is C21H28N2O4S. The first kappa shape index (κ1) is 21.9. The van der Waals surface area contributed by atoms with Crippen molar-refractivity contribution in [2.24, 2.45) is 5.92 Å². The lowest BCUT2D eigenvalue weighted by atomic mass is 10.0. The van der Waals surface area contributed by atoms with Gasteiger partial charge in [-0.25, -0.2) is 8.42 Å². The monoisotopic (exact) mass is 404 g/mol. The van der Waals surface area contributed by atoms with Crippen molar-refractivity contribution in [3.05, 3.63) is 60.2 Å². The first-order valence-corrected chi connectivity index (χ1v) is 10.6. The second-order valence-electron chi connectivity index (χ2n) is 7.03. The fourth-order valence-corrected chi connectivity index (χ4v) is 4.14. The van der Waals surface area contributed by atoms with Gasteiger partial charge >= 0.3 is 0 Å². The molecule has 0 radical (unpaired) electrons. The molecule has 0 saturated carbocycles. The number of sulfonamides is 1. The van der Waals surface area contributed by atoms with Gasteiger partial charge in [0, 0.05) is 20.0 Å². The van der Waals surface area contributed by atoms with Crippen LogP contribution < -0.4 is 10.1 Å². The number of hydrogen-bond donors (Lipinski definition) is 1. The van der Waals surface area contributed by atoms with E-state index in [1.54, 1.807) is 61.7 Å². The summed E-state index contributed by atoms with van der Waals surface area (Å²) in [4.78, 5) is 12.7. The number of rotatable bonds is 9. The van der Waals surface area contributed by atoms with Gasteiger partial charge in [-0.3, -0.25) is 4.79 Å². The zero-order valence-electron chi connectivity index (χ0n) is 16.8. The summed E-state index contributed by atoms with van der Waals surface area (Å²) in [5.41, 5.74) is 0.725. The fourth-order valence-electron chi connectivity index (χ4n) is 2.77. The van der Waals surface area contributed by atoms with Crippen LogP contribution in [0.15, 0.2) is 59.5 Å². The normalized spacial score (nSPS) is 12.8. The highest BCUT2D eigenvalue weighted by atomic mass is 32.2. The predicted octanol–water partition coefficient (Wildman–Crippen LogP) is 3.22. The van der Waals surface area contributed by atoms with Crippen molar-refractivity contribution in [3.63, 3.8) is 0 Å². The topological polar surface area (TPSA) is 75.7 Å². The molecule has 152 valence electrons. The Bertz CT molecular complexity index is 865. The lowest BCUT2D eigenvalue weighted by Crippen LogP contribution is -2.36. The summed E-state index contributed by atoms with van der Waals surface area (Å²) in [5.74, 6) is 0.791. The smallest absolute Gasteiger partial charge is 0.243 e. The van der Waals surface area contributed by atoms with Crippen molar-refractivity contribution < 1.29 is 17.9 Å². The third-order valence-electron chi connectivity index (χ3n) is 4.45. The van der Waals surface area contributed by atoms with Crippen LogP contribution in [0.25, 0.3) is 0 Å². The molecule has 1 N–H and O–H groups in total. The number of nitrogens with one attached hydrogen (secondary N) is 1. The third-order valence-corrected chi connectivity index (χ3v) is 6.33. The van der Waals surface area contributed by atoms with Gasteiger partial charge in [-0.05, 0) is 35.7 Å². The van der Waals surface area contributed by atoms with Gasteiger partial charge < -0.3 is 10.1 Å². The van der Waals surface area contributed by atoms with Crippen molar-refractivity contribution in [1.29, 1.82) is 0 Å². The largest absolute Gasteiger partial charge is 0.497 e. The van der Waals surface area contributed by atoms with E-state index in [0.29, 0.717) is 18.2 Å². The molecule has 0 saturated heterocycles. The zero-order chi connectivity index (χ0) is 20.7. The molecule has 7 heteroatoms. The molecule has 0 spiro atoms. The molecule has 0 unspecified atom stereocenters. The Hall–Kier alpha value is -2.38. The van der Waals surface area contributed by atoms with Crippen LogP contribution in [-0.4, -0.2) is 39.3 Å². The van der Waals surface area contributed by atoms with E-state index >= 15 is 0 Å². The lowest BCUT2D eigenvalue weighted by molar-refractivity contribution is -0.122. The number of hydrogen-bond acceptors (Lipinski definition) is 4. The molecular weight excluding hydrogens is 376 g/mol. The summed E-state index contributed by atoms with van der Waals surface area (Å²) in [6, 6.07) is 14.7. The molecule has 2 rings (SSSR count). The number of ether oxygens (including phenoxy) is 1. The van der Waals surface area contributed by atoms with Crippen LogP contribution in [0.4, 0.5) is 0 Å². The first-order valence-electron chi connectivity index (χ1n) is 9.19. The molecule has 1 atom stereocenters. The van der Waals surface area contributed by atoms with E-state index in [2.05, 4.69) is 5.32 Å². The van der Waals surface area contributed by atoms with Gasteiger partial charge in [-0.15, -0.1) is 0 Å². The molecule has 0 aromatic heterocycles. The molecule has 0 aliphatic carbocycles. The van der Waals surface area contributed by atoms with E-state index < -0.39 is 16.1 Å². The molecule has 0 aliphatic rings. The Morgan fingerprint density at radius 1 is 1.07 bits per heavy atom. The summed E-state index contributed by atoms with van der Waals surface area (Å²) < 4.78 is 32.6. The number of carbonyl (C=O) groups excluding carboxylic acids is 1. The molecule has 2 aromatic rings. The summed E-state index contributed by atoms with van der Waals surface area (Å²) >= 11 is 0. The van der Waals surface area contributed by atoms with Crippen LogP contribution in [0.3, 0.4) is 0 Å². The predicted molar refractivity (Wildman–Crippen MR) is 110 cm³/mol. The SMILES string of the molecule is COc1ccc([C@@H](CC(=O)NCC(C)C)N(C)S(=O)(=O)c2ccccc2)cc1. The average Bonchev–Trinajstić information content (AvgIpc) is 2.70. The minimum atomic E-state index is -3.76. The maximum Gasteiger partial charge on any atom is 0.243 e. The van der Waals surface area contributed by atoms with E-state index in [0.717, 1.165) is 5.56 Å². The second-order valence-corrected chi connectivity index (χ2v) is 9.02. The van der Waals surface area contributed by atoms with Gasteiger partial charge in [-0.2, -0.15) is 4.31 Å². The average molecular weight is 405 g/mol. The quantitative estimate of drug-likeness (QED) is 0.696. The fraction of sp³-hybridized carbons (Fsp3) is 0.381. The summed E-state index contributed by atoms with van der Waals surface area (Å²) in [7, 11) is -0.683.